The fourth-order valence-corrected chi connectivity index (χ4v) is 5.29. The summed E-state index contributed by atoms with van der Waals surface area (Å²) in [7, 11) is -3.68. The Kier molecular flexibility index (Phi) is 6.69. The van der Waals surface area contributed by atoms with E-state index >= 15 is 0 Å². The molecule has 0 spiro atoms. The number of sulfone groups is 1. The quantitative estimate of drug-likeness (QED) is 0.731. The van der Waals surface area contributed by atoms with E-state index in [1.54, 1.807) is 31.2 Å². The molecule has 6 nitrogen and oxygen atoms in total. The summed E-state index contributed by atoms with van der Waals surface area (Å²) in [6, 6.07) is 7.09. The number of rotatable bonds is 6. The van der Waals surface area contributed by atoms with Crippen LogP contribution in [-0.4, -0.2) is 31.1 Å². The molecule has 1 heterocycles. The van der Waals surface area contributed by atoms with Gasteiger partial charge in [0.1, 0.15) is 11.5 Å². The monoisotopic (exact) mass is 438 g/mol. The number of nitrogens with zero attached hydrogens (tertiary/aromatic N) is 1. The maximum Gasteiger partial charge on any atom is 0.235 e. The lowest BCUT2D eigenvalue weighted by Crippen LogP contribution is -2.45. The number of hydrogen-bond acceptors (Lipinski definition) is 5. The van der Waals surface area contributed by atoms with Gasteiger partial charge in [-0.1, -0.05) is 50.4 Å². The Morgan fingerprint density at radius 1 is 1.28 bits per heavy atom. The molecule has 0 aliphatic heterocycles. The Hall–Kier alpha value is -1.86. The Morgan fingerprint density at radius 3 is 2.72 bits per heavy atom. The number of carbonyl (C=O) groups is 1. The van der Waals surface area contributed by atoms with Crippen LogP contribution in [0.1, 0.15) is 44.6 Å². The molecule has 8 heteroatoms. The number of aryl methyl sites for hydroxylation is 1. The summed E-state index contributed by atoms with van der Waals surface area (Å²) in [6.07, 6.45) is 3.08. The first-order chi connectivity index (χ1) is 13.7. The van der Waals surface area contributed by atoms with Gasteiger partial charge in [0.25, 0.3) is 0 Å². The second kappa shape index (κ2) is 8.88. The topological polar surface area (TPSA) is 89.3 Å². The average Bonchev–Trinajstić information content (AvgIpc) is 2.98. The second-order valence-electron chi connectivity index (χ2n) is 7.98. The molecular formula is C21H27ClN2O4S. The van der Waals surface area contributed by atoms with Crippen molar-refractivity contribution in [2.75, 3.05) is 5.75 Å². The third kappa shape index (κ3) is 5.39. The van der Waals surface area contributed by atoms with Crippen molar-refractivity contribution >= 4 is 27.3 Å². The Morgan fingerprint density at radius 2 is 2.00 bits per heavy atom. The highest BCUT2D eigenvalue weighted by atomic mass is 35.5. The van der Waals surface area contributed by atoms with Crippen LogP contribution in [0.4, 0.5) is 0 Å². The van der Waals surface area contributed by atoms with Gasteiger partial charge in [0.05, 0.1) is 22.0 Å². The predicted octanol–water partition coefficient (Wildman–Crippen LogP) is 4.16. The van der Waals surface area contributed by atoms with Gasteiger partial charge in [-0.05, 0) is 37.3 Å². The summed E-state index contributed by atoms with van der Waals surface area (Å²) in [4.78, 5) is 16.7. The summed E-state index contributed by atoms with van der Waals surface area (Å²) < 4.78 is 30.8. The van der Waals surface area contributed by atoms with Crippen LogP contribution in [0.5, 0.6) is 0 Å². The Bertz CT molecular complexity index is 986. The number of hydrogen-bond donors (Lipinski definition) is 1. The van der Waals surface area contributed by atoms with Crippen molar-refractivity contribution in [2.24, 2.45) is 11.8 Å². The lowest BCUT2D eigenvalue weighted by molar-refractivity contribution is -0.120. The molecule has 1 aromatic carbocycles. The number of halogens is 1. The molecule has 1 saturated carbocycles. The van der Waals surface area contributed by atoms with Crippen molar-refractivity contribution in [1.82, 2.24) is 10.3 Å². The van der Waals surface area contributed by atoms with Crippen molar-refractivity contribution in [2.45, 2.75) is 51.8 Å². The number of nitrogens with one attached hydrogen (secondary N) is 1. The van der Waals surface area contributed by atoms with Crippen molar-refractivity contribution in [3.05, 3.63) is 40.7 Å². The third-order valence-corrected chi connectivity index (χ3v) is 7.50. The predicted molar refractivity (Wildman–Crippen MR) is 113 cm³/mol. The van der Waals surface area contributed by atoms with Crippen LogP contribution in [0, 0.1) is 18.8 Å². The van der Waals surface area contributed by atoms with Crippen LogP contribution in [0.2, 0.25) is 5.02 Å². The number of amides is 1. The summed E-state index contributed by atoms with van der Waals surface area (Å²) >= 11 is 6.17. The molecule has 0 radical (unpaired) electrons. The maximum absolute atomic E-state index is 12.6. The van der Waals surface area contributed by atoms with E-state index in [0.29, 0.717) is 33.9 Å². The molecule has 0 saturated heterocycles. The minimum Gasteiger partial charge on any atom is -0.441 e. The van der Waals surface area contributed by atoms with Crippen LogP contribution in [0.3, 0.4) is 0 Å². The fourth-order valence-electron chi connectivity index (χ4n) is 3.81. The van der Waals surface area contributed by atoms with Gasteiger partial charge in [0.15, 0.2) is 9.84 Å². The molecule has 1 fully saturated rings. The highest BCUT2D eigenvalue weighted by molar-refractivity contribution is 7.91. The summed E-state index contributed by atoms with van der Waals surface area (Å²) in [5.74, 6) is 0.169. The second-order valence-corrected chi connectivity index (χ2v) is 10.4. The maximum atomic E-state index is 12.6. The van der Waals surface area contributed by atoms with E-state index in [9.17, 15) is 13.2 Å². The van der Waals surface area contributed by atoms with E-state index < -0.39 is 21.5 Å². The van der Waals surface area contributed by atoms with Crippen LogP contribution < -0.4 is 5.32 Å². The van der Waals surface area contributed by atoms with Gasteiger partial charge in [0, 0.05) is 6.04 Å². The van der Waals surface area contributed by atoms with Gasteiger partial charge in [-0.2, -0.15) is 0 Å². The standard InChI is InChI=1S/C21H27ClN2O4S/c1-13-7-6-10-18(14(13)2)23-20(25)12-29(26,27)11-19-15(3)28-21(24-19)16-8-4-5-9-17(16)22/h4-5,8-9,13-14,18H,6-7,10-12H2,1-3H3,(H,23,25)/t13-,14-,18+/m0/s1. The molecule has 1 aliphatic carbocycles. The number of carbonyl (C=O) groups excluding carboxylic acids is 1. The van der Waals surface area contributed by atoms with Crippen LogP contribution in [0.25, 0.3) is 11.5 Å². The molecule has 0 bridgehead atoms. The lowest BCUT2D eigenvalue weighted by Gasteiger charge is -2.34. The van der Waals surface area contributed by atoms with Crippen molar-refractivity contribution in [3.8, 4) is 11.5 Å². The van der Waals surface area contributed by atoms with Gasteiger partial charge in [0.2, 0.25) is 11.8 Å². The van der Waals surface area contributed by atoms with E-state index in [4.69, 9.17) is 16.0 Å². The number of oxazole rings is 1. The van der Waals surface area contributed by atoms with Gasteiger partial charge >= 0.3 is 0 Å². The van der Waals surface area contributed by atoms with E-state index in [1.807, 2.05) is 0 Å². The first kappa shape index (κ1) is 21.8. The Balaban J connectivity index is 1.67. The van der Waals surface area contributed by atoms with Gasteiger partial charge in [-0.3, -0.25) is 4.79 Å². The van der Waals surface area contributed by atoms with E-state index in [-0.39, 0.29) is 17.7 Å². The zero-order valence-electron chi connectivity index (χ0n) is 16.9. The SMILES string of the molecule is Cc1oc(-c2ccccc2Cl)nc1CS(=O)(=O)CC(=O)N[C@@H]1CCC[C@H](C)[C@@H]1C. The molecule has 158 valence electrons. The summed E-state index contributed by atoms with van der Waals surface area (Å²) in [6.45, 7) is 5.94. The smallest absolute Gasteiger partial charge is 0.235 e. The summed E-state index contributed by atoms with van der Waals surface area (Å²) in [5.41, 5.74) is 0.895. The van der Waals surface area contributed by atoms with E-state index in [1.165, 1.54) is 0 Å². The van der Waals surface area contributed by atoms with Crippen molar-refractivity contribution in [1.29, 1.82) is 0 Å². The van der Waals surface area contributed by atoms with Gasteiger partial charge in [-0.25, -0.2) is 13.4 Å². The lowest BCUT2D eigenvalue weighted by atomic mass is 9.78. The van der Waals surface area contributed by atoms with Gasteiger partial charge in [-0.15, -0.1) is 0 Å². The van der Waals surface area contributed by atoms with Gasteiger partial charge < -0.3 is 9.73 Å². The van der Waals surface area contributed by atoms with Crippen LogP contribution in [-0.2, 0) is 20.4 Å². The first-order valence-corrected chi connectivity index (χ1v) is 12.1. The van der Waals surface area contributed by atoms with Crippen molar-refractivity contribution in [3.63, 3.8) is 0 Å². The molecule has 0 unspecified atom stereocenters. The van der Waals surface area contributed by atoms with Crippen LogP contribution in [0.15, 0.2) is 28.7 Å². The molecule has 1 N–H and O–H groups in total. The van der Waals surface area contributed by atoms with E-state index in [0.717, 1.165) is 19.3 Å². The van der Waals surface area contributed by atoms with E-state index in [2.05, 4.69) is 24.1 Å². The highest BCUT2D eigenvalue weighted by Gasteiger charge is 2.30. The molecule has 1 amide bonds. The highest BCUT2D eigenvalue weighted by Crippen LogP contribution is 2.30. The normalized spacial score (nSPS) is 22.4. The molecule has 1 aromatic heterocycles. The minimum atomic E-state index is -3.68. The molecule has 29 heavy (non-hydrogen) atoms. The number of aromatic nitrogens is 1. The molecular weight excluding hydrogens is 412 g/mol. The zero-order chi connectivity index (χ0) is 21.2. The molecule has 3 atom stereocenters. The minimum absolute atomic E-state index is 0.0297. The largest absolute Gasteiger partial charge is 0.441 e. The van der Waals surface area contributed by atoms with Crippen molar-refractivity contribution < 1.29 is 17.6 Å². The first-order valence-electron chi connectivity index (χ1n) is 9.87. The zero-order valence-corrected chi connectivity index (χ0v) is 18.5. The Labute approximate surface area is 177 Å². The molecule has 1 aliphatic rings. The molecule has 3 rings (SSSR count). The number of benzene rings is 1. The average molecular weight is 439 g/mol. The summed E-state index contributed by atoms with van der Waals surface area (Å²) in [5, 5.41) is 3.39. The third-order valence-electron chi connectivity index (χ3n) is 5.76. The molecule has 2 aromatic rings. The fraction of sp³-hybridized carbons (Fsp3) is 0.524. The van der Waals surface area contributed by atoms with Crippen LogP contribution >= 0.6 is 11.6 Å².